The van der Waals surface area contributed by atoms with E-state index in [1.807, 2.05) is 20.8 Å². The van der Waals surface area contributed by atoms with Gasteiger partial charge >= 0.3 is 0 Å². The van der Waals surface area contributed by atoms with Gasteiger partial charge in [0.25, 0.3) is 0 Å². The molecular weight excluding hydrogens is 156 g/mol. The highest BCUT2D eigenvalue weighted by Gasteiger charge is 2.39. The third kappa shape index (κ3) is 1.84. The SMILES string of the molecule is C[C@@H]1COC(C)([C@H](C)CC=O)O1. The number of hydrogen-bond donors (Lipinski definition) is 0. The second-order valence-corrected chi connectivity index (χ2v) is 3.56. The zero-order valence-corrected chi connectivity index (χ0v) is 7.87. The first kappa shape index (κ1) is 9.68. The standard InChI is InChI=1S/C9H16O3/c1-7(4-5-10)9(3)11-6-8(2)12-9/h5,7-8H,4,6H2,1-3H3/t7-,8-,9?/m1/s1. The van der Waals surface area contributed by atoms with Crippen LogP contribution in [0.15, 0.2) is 0 Å². The van der Waals surface area contributed by atoms with Gasteiger partial charge in [-0.2, -0.15) is 0 Å². The Hall–Kier alpha value is -0.410. The molecule has 0 aromatic rings. The summed E-state index contributed by atoms with van der Waals surface area (Å²) in [6, 6.07) is 0. The van der Waals surface area contributed by atoms with E-state index in [0.29, 0.717) is 13.0 Å². The van der Waals surface area contributed by atoms with Crippen LogP contribution in [0.5, 0.6) is 0 Å². The van der Waals surface area contributed by atoms with Crippen molar-refractivity contribution in [3.63, 3.8) is 0 Å². The van der Waals surface area contributed by atoms with Crippen LogP contribution >= 0.6 is 0 Å². The quantitative estimate of drug-likeness (QED) is 0.603. The predicted molar refractivity (Wildman–Crippen MR) is 44.7 cm³/mol. The van der Waals surface area contributed by atoms with Crippen molar-refractivity contribution in [2.45, 2.75) is 39.1 Å². The molecule has 3 nitrogen and oxygen atoms in total. The number of carbonyl (C=O) groups excluding carboxylic acids is 1. The van der Waals surface area contributed by atoms with Gasteiger partial charge in [0.05, 0.1) is 12.7 Å². The predicted octanol–water partition coefficient (Wildman–Crippen LogP) is 1.36. The molecule has 70 valence electrons. The molecule has 0 saturated carbocycles. The molecule has 0 aliphatic carbocycles. The van der Waals surface area contributed by atoms with Crippen LogP contribution in [0.1, 0.15) is 27.2 Å². The number of hydrogen-bond acceptors (Lipinski definition) is 3. The van der Waals surface area contributed by atoms with Crippen LogP contribution < -0.4 is 0 Å². The van der Waals surface area contributed by atoms with Gasteiger partial charge in [-0.15, -0.1) is 0 Å². The van der Waals surface area contributed by atoms with E-state index in [-0.39, 0.29) is 12.0 Å². The Morgan fingerprint density at radius 3 is 2.83 bits per heavy atom. The molecule has 0 aromatic carbocycles. The highest BCUT2D eigenvalue weighted by molar-refractivity contribution is 5.49. The molecule has 1 fully saturated rings. The molecular formula is C9H16O3. The van der Waals surface area contributed by atoms with Crippen molar-refractivity contribution in [3.05, 3.63) is 0 Å². The van der Waals surface area contributed by atoms with Gasteiger partial charge in [0.15, 0.2) is 5.79 Å². The monoisotopic (exact) mass is 172 g/mol. The lowest BCUT2D eigenvalue weighted by molar-refractivity contribution is -0.186. The Balaban J connectivity index is 2.53. The summed E-state index contributed by atoms with van der Waals surface area (Å²) in [4.78, 5) is 10.3. The lowest BCUT2D eigenvalue weighted by atomic mass is 9.99. The summed E-state index contributed by atoms with van der Waals surface area (Å²) in [6.07, 6.45) is 1.54. The lowest BCUT2D eigenvalue weighted by Gasteiger charge is -2.28. The van der Waals surface area contributed by atoms with E-state index in [0.717, 1.165) is 6.29 Å². The van der Waals surface area contributed by atoms with Gasteiger partial charge in [0, 0.05) is 12.3 Å². The topological polar surface area (TPSA) is 35.5 Å². The minimum atomic E-state index is -0.555. The lowest BCUT2D eigenvalue weighted by Crippen LogP contribution is -2.34. The average molecular weight is 172 g/mol. The van der Waals surface area contributed by atoms with Crippen LogP contribution in [0.2, 0.25) is 0 Å². The molecule has 0 aromatic heterocycles. The van der Waals surface area contributed by atoms with Crippen molar-refractivity contribution in [1.82, 2.24) is 0 Å². The molecule has 0 bridgehead atoms. The maximum Gasteiger partial charge on any atom is 0.169 e. The van der Waals surface area contributed by atoms with E-state index in [9.17, 15) is 4.79 Å². The van der Waals surface area contributed by atoms with Gasteiger partial charge in [-0.05, 0) is 13.8 Å². The molecule has 3 atom stereocenters. The minimum Gasteiger partial charge on any atom is -0.347 e. The van der Waals surface area contributed by atoms with Gasteiger partial charge in [-0.25, -0.2) is 0 Å². The maximum atomic E-state index is 10.3. The molecule has 1 rings (SSSR count). The molecule has 0 spiro atoms. The molecule has 1 unspecified atom stereocenters. The highest BCUT2D eigenvalue weighted by atomic mass is 16.7. The van der Waals surface area contributed by atoms with Gasteiger partial charge in [0.1, 0.15) is 6.29 Å². The van der Waals surface area contributed by atoms with Crippen molar-refractivity contribution in [2.75, 3.05) is 6.61 Å². The largest absolute Gasteiger partial charge is 0.347 e. The summed E-state index contributed by atoms with van der Waals surface area (Å²) in [5.41, 5.74) is 0. The summed E-state index contributed by atoms with van der Waals surface area (Å²) < 4.78 is 11.1. The first-order valence-electron chi connectivity index (χ1n) is 4.34. The van der Waals surface area contributed by atoms with E-state index in [4.69, 9.17) is 9.47 Å². The maximum absolute atomic E-state index is 10.3. The third-order valence-electron chi connectivity index (χ3n) is 2.38. The number of ether oxygens (including phenoxy) is 2. The Bertz CT molecular complexity index is 169. The molecule has 0 radical (unpaired) electrons. The summed E-state index contributed by atoms with van der Waals surface area (Å²) in [6.45, 7) is 6.45. The van der Waals surface area contributed by atoms with Gasteiger partial charge < -0.3 is 14.3 Å². The second-order valence-electron chi connectivity index (χ2n) is 3.56. The first-order valence-corrected chi connectivity index (χ1v) is 4.34. The third-order valence-corrected chi connectivity index (χ3v) is 2.38. The molecule has 1 heterocycles. The molecule has 0 N–H and O–H groups in total. The van der Waals surface area contributed by atoms with E-state index in [2.05, 4.69) is 0 Å². The summed E-state index contributed by atoms with van der Waals surface area (Å²) in [5.74, 6) is -0.430. The van der Waals surface area contributed by atoms with E-state index in [1.165, 1.54) is 0 Å². The Morgan fingerprint density at radius 2 is 2.42 bits per heavy atom. The first-order chi connectivity index (χ1) is 5.58. The van der Waals surface area contributed by atoms with Crippen molar-refractivity contribution in [2.24, 2.45) is 5.92 Å². The van der Waals surface area contributed by atoms with Crippen LogP contribution in [-0.2, 0) is 14.3 Å². The van der Waals surface area contributed by atoms with Crippen LogP contribution in [0.25, 0.3) is 0 Å². The van der Waals surface area contributed by atoms with Crippen molar-refractivity contribution in [3.8, 4) is 0 Å². The molecule has 1 aliphatic heterocycles. The Morgan fingerprint density at radius 1 is 1.75 bits per heavy atom. The summed E-state index contributed by atoms with van der Waals surface area (Å²) >= 11 is 0. The van der Waals surface area contributed by atoms with Crippen molar-refractivity contribution < 1.29 is 14.3 Å². The van der Waals surface area contributed by atoms with E-state index in [1.54, 1.807) is 0 Å². The summed E-state index contributed by atoms with van der Waals surface area (Å²) in [5, 5.41) is 0. The number of rotatable bonds is 3. The van der Waals surface area contributed by atoms with Gasteiger partial charge in [0.2, 0.25) is 0 Å². The van der Waals surface area contributed by atoms with Crippen LogP contribution in [0.4, 0.5) is 0 Å². The normalized spacial score (nSPS) is 38.1. The fraction of sp³-hybridized carbons (Fsp3) is 0.889. The zero-order valence-electron chi connectivity index (χ0n) is 7.87. The molecule has 0 amide bonds. The second kappa shape index (κ2) is 3.54. The van der Waals surface area contributed by atoms with E-state index < -0.39 is 5.79 Å². The van der Waals surface area contributed by atoms with Crippen LogP contribution in [-0.4, -0.2) is 24.8 Å². The Labute approximate surface area is 73.0 Å². The number of aldehydes is 1. The summed E-state index contributed by atoms with van der Waals surface area (Å²) in [7, 11) is 0. The minimum absolute atomic E-state index is 0.125. The molecule has 1 saturated heterocycles. The average Bonchev–Trinajstić information content (AvgIpc) is 2.33. The fourth-order valence-corrected chi connectivity index (χ4v) is 1.37. The van der Waals surface area contributed by atoms with Gasteiger partial charge in [-0.1, -0.05) is 6.92 Å². The van der Waals surface area contributed by atoms with Gasteiger partial charge in [-0.3, -0.25) is 0 Å². The van der Waals surface area contributed by atoms with Crippen molar-refractivity contribution >= 4 is 6.29 Å². The smallest absolute Gasteiger partial charge is 0.169 e. The molecule has 12 heavy (non-hydrogen) atoms. The number of carbonyl (C=O) groups is 1. The van der Waals surface area contributed by atoms with E-state index >= 15 is 0 Å². The molecule has 1 aliphatic rings. The zero-order chi connectivity index (χ0) is 9.19. The van der Waals surface area contributed by atoms with Crippen LogP contribution in [0.3, 0.4) is 0 Å². The fourth-order valence-electron chi connectivity index (χ4n) is 1.37. The Kier molecular flexibility index (Phi) is 2.85. The van der Waals surface area contributed by atoms with Crippen molar-refractivity contribution in [1.29, 1.82) is 0 Å². The molecule has 3 heteroatoms. The van der Waals surface area contributed by atoms with Crippen LogP contribution in [0, 0.1) is 5.92 Å². The highest BCUT2D eigenvalue weighted by Crippen LogP contribution is 2.31.